The minimum Gasteiger partial charge on any atom is -0.504 e. The summed E-state index contributed by atoms with van der Waals surface area (Å²) in [5, 5.41) is 11.1. The van der Waals surface area contributed by atoms with Crippen molar-refractivity contribution in [2.24, 2.45) is 29.6 Å². The maximum Gasteiger partial charge on any atom is 0.305 e. The molecule has 3 amide bonds. The molecule has 2 N–H and O–H groups in total. The number of ether oxygens (including phenoxy) is 1. The van der Waals surface area contributed by atoms with Crippen LogP contribution in [0.3, 0.4) is 0 Å². The van der Waals surface area contributed by atoms with E-state index >= 15 is 0 Å². The summed E-state index contributed by atoms with van der Waals surface area (Å²) in [4.78, 5) is 60.4. The Morgan fingerprint density at radius 1 is 1.10 bits per heavy atom. The molecule has 2 saturated heterocycles. The molecule has 3 aliphatic heterocycles. The average molecular weight is 570 g/mol. The van der Waals surface area contributed by atoms with Crippen LogP contribution in [0.1, 0.15) is 49.0 Å². The zero-order valence-electron chi connectivity index (χ0n) is 21.8. The Balaban J connectivity index is 1.25. The van der Waals surface area contributed by atoms with Crippen molar-refractivity contribution in [3.05, 3.63) is 38.3 Å². The number of carbonyl (C=O) groups is 3. The molecule has 7 rings (SSSR count). The van der Waals surface area contributed by atoms with E-state index in [2.05, 4.69) is 4.98 Å². The zero-order valence-corrected chi connectivity index (χ0v) is 23.4. The molecular formula is C28H31N3O6S2. The fourth-order valence-electron chi connectivity index (χ4n) is 8.17. The standard InChI is InChI=1S/C28H31N3O6S2/c1-12(25(33)30-8-4-3-5-9-30)31-26(34)20-14-11-15(21(20)27(31)35)22-19(14)18(23-24(38-22)29-28(36)39-23)13-6-7-16(32)17(10-13)37-2/h6-7,10,12,14-15,18-22,32H,3-5,8-9,11H2,1-2H3,(H,29,36). The zero-order chi connectivity index (χ0) is 27.2. The first kappa shape index (κ1) is 25.2. The number of likely N-dealkylation sites (tertiary alicyclic amines) is 2. The molecule has 9 nitrogen and oxygen atoms in total. The van der Waals surface area contributed by atoms with Gasteiger partial charge in [-0.15, -0.1) is 11.8 Å². The van der Waals surface area contributed by atoms with E-state index in [1.54, 1.807) is 29.7 Å². The lowest BCUT2D eigenvalue weighted by Crippen LogP contribution is -2.51. The number of hydrogen-bond acceptors (Lipinski definition) is 8. The van der Waals surface area contributed by atoms with E-state index in [0.29, 0.717) is 18.8 Å². The van der Waals surface area contributed by atoms with Crippen LogP contribution >= 0.6 is 23.1 Å². The van der Waals surface area contributed by atoms with E-state index in [9.17, 15) is 24.3 Å². The highest BCUT2D eigenvalue weighted by molar-refractivity contribution is 8.00. The van der Waals surface area contributed by atoms with Gasteiger partial charge in [-0.2, -0.15) is 0 Å². The van der Waals surface area contributed by atoms with Crippen LogP contribution < -0.4 is 9.61 Å². The number of carbonyl (C=O) groups excluding carboxylic acids is 3. The number of H-pyrrole nitrogens is 1. The normalized spacial score (nSPS) is 33.6. The summed E-state index contributed by atoms with van der Waals surface area (Å²) >= 11 is 2.82. The second kappa shape index (κ2) is 9.12. The van der Waals surface area contributed by atoms with Gasteiger partial charge in [0, 0.05) is 29.1 Å². The van der Waals surface area contributed by atoms with E-state index in [4.69, 9.17) is 4.74 Å². The van der Waals surface area contributed by atoms with Crippen molar-refractivity contribution in [1.82, 2.24) is 14.8 Å². The second-order valence-electron chi connectivity index (χ2n) is 11.5. The third kappa shape index (κ3) is 3.58. The molecule has 4 fully saturated rings. The van der Waals surface area contributed by atoms with Gasteiger partial charge >= 0.3 is 4.87 Å². The number of nitrogens with one attached hydrogen (secondary N) is 1. The molecule has 2 aromatic rings. The Kier molecular flexibility index (Phi) is 5.89. The van der Waals surface area contributed by atoms with Crippen molar-refractivity contribution >= 4 is 40.8 Å². The quantitative estimate of drug-likeness (QED) is 0.543. The van der Waals surface area contributed by atoms with Crippen molar-refractivity contribution < 1.29 is 24.2 Å². The molecule has 39 heavy (non-hydrogen) atoms. The lowest BCUT2D eigenvalue weighted by atomic mass is 9.68. The van der Waals surface area contributed by atoms with Crippen molar-refractivity contribution in [2.45, 2.75) is 54.8 Å². The summed E-state index contributed by atoms with van der Waals surface area (Å²) < 4.78 is 5.39. The van der Waals surface area contributed by atoms with E-state index in [1.165, 1.54) is 23.3 Å². The maximum absolute atomic E-state index is 13.9. The van der Waals surface area contributed by atoms with Crippen LogP contribution in [0.4, 0.5) is 0 Å². The Morgan fingerprint density at radius 2 is 1.82 bits per heavy atom. The molecule has 1 aromatic heterocycles. The number of nitrogens with zero attached hydrogens (tertiary/aromatic N) is 2. The fourth-order valence-corrected chi connectivity index (χ4v) is 11.1. The first-order chi connectivity index (χ1) is 18.8. The van der Waals surface area contributed by atoms with E-state index in [0.717, 1.165) is 41.1 Å². The minimum absolute atomic E-state index is 0.00759. The average Bonchev–Trinajstić information content (AvgIpc) is 3.67. The van der Waals surface area contributed by atoms with Crippen LogP contribution in [-0.4, -0.2) is 69.1 Å². The molecule has 11 heteroatoms. The molecular weight excluding hydrogens is 538 g/mol. The summed E-state index contributed by atoms with van der Waals surface area (Å²) in [6.07, 6.45) is 3.78. The lowest BCUT2D eigenvalue weighted by molar-refractivity contribution is -0.152. The van der Waals surface area contributed by atoms with Gasteiger partial charge in [-0.25, -0.2) is 0 Å². The summed E-state index contributed by atoms with van der Waals surface area (Å²) in [6.45, 7) is 3.05. The Bertz CT molecular complexity index is 1430. The Labute approximate surface area is 233 Å². The number of methoxy groups -OCH3 is 1. The maximum atomic E-state index is 13.9. The van der Waals surface area contributed by atoms with Crippen molar-refractivity contribution in [3.8, 4) is 11.5 Å². The predicted molar refractivity (Wildman–Crippen MR) is 145 cm³/mol. The first-order valence-electron chi connectivity index (χ1n) is 13.7. The van der Waals surface area contributed by atoms with Gasteiger partial charge in [-0.3, -0.25) is 24.1 Å². The number of rotatable bonds is 4. The Hall–Kier alpha value is -2.79. The van der Waals surface area contributed by atoms with E-state index < -0.39 is 17.9 Å². The SMILES string of the molecule is COc1cc(C2c3sc(=O)[nH]c3SC3C4CC(C5C(=O)N(C(C)C(=O)N6CCCCC6)C(=O)C45)C23)ccc1O. The minimum atomic E-state index is -0.794. The predicted octanol–water partition coefficient (Wildman–Crippen LogP) is 3.02. The van der Waals surface area contributed by atoms with Gasteiger partial charge in [0.1, 0.15) is 6.04 Å². The Morgan fingerprint density at radius 3 is 2.54 bits per heavy atom. The molecule has 5 aliphatic rings. The number of thioether (sulfide) groups is 1. The summed E-state index contributed by atoms with van der Waals surface area (Å²) in [6, 6.07) is 4.49. The molecule has 0 spiro atoms. The number of phenols is 1. The van der Waals surface area contributed by atoms with E-state index in [-0.39, 0.29) is 57.3 Å². The molecule has 8 unspecified atom stereocenters. The monoisotopic (exact) mass is 569 g/mol. The third-order valence-corrected chi connectivity index (χ3v) is 12.3. The number of aromatic hydroxyl groups is 1. The van der Waals surface area contributed by atoms with Crippen LogP contribution in [0.25, 0.3) is 0 Å². The molecule has 1 aromatic carbocycles. The van der Waals surface area contributed by atoms with Gasteiger partial charge in [-0.1, -0.05) is 17.4 Å². The highest BCUT2D eigenvalue weighted by Gasteiger charge is 2.70. The molecule has 4 heterocycles. The van der Waals surface area contributed by atoms with Crippen LogP contribution in [0.2, 0.25) is 0 Å². The van der Waals surface area contributed by atoms with Crippen LogP contribution in [0.5, 0.6) is 11.5 Å². The molecule has 2 saturated carbocycles. The molecule has 2 aliphatic carbocycles. The molecule has 8 atom stereocenters. The van der Waals surface area contributed by atoms with Gasteiger partial charge in [0.25, 0.3) is 0 Å². The van der Waals surface area contributed by atoms with Gasteiger partial charge in [0.2, 0.25) is 17.7 Å². The van der Waals surface area contributed by atoms with Crippen LogP contribution in [-0.2, 0) is 14.4 Å². The number of aromatic amines is 1. The van der Waals surface area contributed by atoms with Crippen molar-refractivity contribution in [3.63, 3.8) is 0 Å². The smallest absolute Gasteiger partial charge is 0.305 e. The topological polar surface area (TPSA) is 120 Å². The number of phenolic OH excluding ortho intramolecular Hbond substituents is 1. The highest BCUT2D eigenvalue weighted by Crippen LogP contribution is 2.68. The van der Waals surface area contributed by atoms with Crippen LogP contribution in [0, 0.1) is 29.6 Å². The number of imide groups is 1. The lowest BCUT2D eigenvalue weighted by Gasteiger charge is -2.43. The van der Waals surface area contributed by atoms with Gasteiger partial charge in [-0.05, 0) is 68.1 Å². The molecule has 0 radical (unpaired) electrons. The number of fused-ring (bicyclic) bond motifs is 9. The van der Waals surface area contributed by atoms with Gasteiger partial charge in [0.05, 0.1) is 24.0 Å². The fraction of sp³-hybridized carbons (Fsp3) is 0.571. The van der Waals surface area contributed by atoms with Gasteiger partial charge in [0.15, 0.2) is 11.5 Å². The summed E-state index contributed by atoms with van der Waals surface area (Å²) in [7, 11) is 1.50. The highest BCUT2D eigenvalue weighted by atomic mass is 32.2. The molecule has 206 valence electrons. The molecule has 2 bridgehead atoms. The second-order valence-corrected chi connectivity index (χ2v) is 13.7. The van der Waals surface area contributed by atoms with Crippen molar-refractivity contribution in [1.29, 1.82) is 0 Å². The number of amides is 3. The number of thiazole rings is 1. The summed E-state index contributed by atoms with van der Waals surface area (Å²) in [5.41, 5.74) is 0.919. The first-order valence-corrected chi connectivity index (χ1v) is 15.4. The summed E-state index contributed by atoms with van der Waals surface area (Å²) in [5.74, 6) is -1.19. The van der Waals surface area contributed by atoms with Gasteiger partial charge < -0.3 is 19.7 Å². The number of piperidine rings is 1. The number of hydrogen-bond donors (Lipinski definition) is 2. The third-order valence-electron chi connectivity index (χ3n) is 9.73. The van der Waals surface area contributed by atoms with E-state index in [1.807, 2.05) is 12.1 Å². The van der Waals surface area contributed by atoms with Crippen LogP contribution in [0.15, 0.2) is 28.0 Å². The number of aromatic nitrogens is 1. The van der Waals surface area contributed by atoms with Crippen molar-refractivity contribution in [2.75, 3.05) is 20.2 Å². The number of benzene rings is 1. The largest absolute Gasteiger partial charge is 0.504 e.